The highest BCUT2D eigenvalue weighted by atomic mass is 32.2. The van der Waals surface area contributed by atoms with E-state index in [2.05, 4.69) is 41.4 Å². The normalized spacial score (nSPS) is 11.0. The second kappa shape index (κ2) is 5.78. The van der Waals surface area contributed by atoms with Gasteiger partial charge in [-0.1, -0.05) is 30.3 Å². The molecule has 3 heteroatoms. The molecule has 0 unspecified atom stereocenters. The van der Waals surface area contributed by atoms with Gasteiger partial charge in [-0.3, -0.25) is 4.98 Å². The first kappa shape index (κ1) is 14.0. The Balaban J connectivity index is 1.93. The lowest BCUT2D eigenvalue weighted by molar-refractivity contribution is 1.23. The second-order valence-corrected chi connectivity index (χ2v) is 6.23. The maximum absolute atomic E-state index is 6.16. The second-order valence-electron chi connectivity index (χ2n) is 5.22. The molecule has 2 nitrogen and oxygen atoms in total. The number of anilines is 1. The van der Waals surface area contributed by atoms with Crippen LogP contribution in [0, 0.1) is 13.8 Å². The molecule has 0 saturated carbocycles. The molecule has 2 N–H and O–H groups in total. The molecule has 0 radical (unpaired) electrons. The van der Waals surface area contributed by atoms with Gasteiger partial charge >= 0.3 is 0 Å². The van der Waals surface area contributed by atoms with E-state index >= 15 is 0 Å². The summed E-state index contributed by atoms with van der Waals surface area (Å²) in [6.45, 7) is 4.09. The molecule has 0 fully saturated rings. The van der Waals surface area contributed by atoms with Crippen molar-refractivity contribution >= 4 is 28.4 Å². The highest BCUT2D eigenvalue weighted by Gasteiger charge is 2.07. The maximum atomic E-state index is 6.16. The third-order valence-corrected chi connectivity index (χ3v) is 4.72. The standard InChI is InChI=1S/C18H18N2S/c1-12-6-5-9-17(18(12)19)21-11-14-10-13(2)20-16-8-4-3-7-15(14)16/h3-10H,11,19H2,1-2H3. The Morgan fingerprint density at radius 3 is 2.71 bits per heavy atom. The van der Waals surface area contributed by atoms with Crippen molar-refractivity contribution in [3.05, 3.63) is 65.4 Å². The van der Waals surface area contributed by atoms with Gasteiger partial charge in [0, 0.05) is 27.4 Å². The van der Waals surface area contributed by atoms with E-state index in [1.165, 1.54) is 10.9 Å². The van der Waals surface area contributed by atoms with Gasteiger partial charge in [-0.2, -0.15) is 0 Å². The first-order valence-electron chi connectivity index (χ1n) is 6.98. The fourth-order valence-electron chi connectivity index (χ4n) is 2.45. The molecule has 3 rings (SSSR count). The molecule has 0 aliphatic heterocycles. The lowest BCUT2D eigenvalue weighted by atomic mass is 10.1. The van der Waals surface area contributed by atoms with E-state index < -0.39 is 0 Å². The van der Waals surface area contributed by atoms with Crippen molar-refractivity contribution in [2.45, 2.75) is 24.5 Å². The molecule has 0 atom stereocenters. The number of pyridine rings is 1. The third-order valence-electron chi connectivity index (χ3n) is 3.60. The predicted octanol–water partition coefficient (Wildman–Crippen LogP) is 4.73. The van der Waals surface area contributed by atoms with E-state index in [9.17, 15) is 0 Å². The number of nitrogens with two attached hydrogens (primary N) is 1. The molecule has 1 heterocycles. The molecule has 1 aromatic heterocycles. The monoisotopic (exact) mass is 294 g/mol. The summed E-state index contributed by atoms with van der Waals surface area (Å²) >= 11 is 1.79. The van der Waals surface area contributed by atoms with E-state index in [1.54, 1.807) is 11.8 Å². The zero-order valence-corrected chi connectivity index (χ0v) is 13.1. The highest BCUT2D eigenvalue weighted by molar-refractivity contribution is 7.98. The fraction of sp³-hybridized carbons (Fsp3) is 0.167. The van der Waals surface area contributed by atoms with Crippen LogP contribution in [0.25, 0.3) is 10.9 Å². The van der Waals surface area contributed by atoms with Gasteiger partial charge in [0.25, 0.3) is 0 Å². The Hall–Kier alpha value is -2.00. The van der Waals surface area contributed by atoms with Crippen LogP contribution in [-0.2, 0) is 5.75 Å². The number of hydrogen-bond acceptors (Lipinski definition) is 3. The van der Waals surface area contributed by atoms with Crippen LogP contribution in [0.4, 0.5) is 5.69 Å². The summed E-state index contributed by atoms with van der Waals surface area (Å²) < 4.78 is 0. The topological polar surface area (TPSA) is 38.9 Å². The third kappa shape index (κ3) is 2.88. The van der Waals surface area contributed by atoms with Crippen molar-refractivity contribution in [2.24, 2.45) is 0 Å². The van der Waals surface area contributed by atoms with E-state index in [0.717, 1.165) is 33.1 Å². The van der Waals surface area contributed by atoms with Crippen LogP contribution in [0.1, 0.15) is 16.8 Å². The number of rotatable bonds is 3. The number of para-hydroxylation sites is 2. The SMILES string of the molecule is Cc1cc(CSc2cccc(C)c2N)c2ccccc2n1. The maximum Gasteiger partial charge on any atom is 0.0708 e. The van der Waals surface area contributed by atoms with Crippen LogP contribution in [0.3, 0.4) is 0 Å². The number of benzene rings is 2. The molecule has 106 valence electrons. The Kier molecular flexibility index (Phi) is 3.84. The van der Waals surface area contributed by atoms with Crippen molar-refractivity contribution in [3.63, 3.8) is 0 Å². The minimum Gasteiger partial charge on any atom is -0.398 e. The van der Waals surface area contributed by atoms with Gasteiger partial charge in [0.05, 0.1) is 5.52 Å². The minimum atomic E-state index is 0.887. The number of aryl methyl sites for hydroxylation is 2. The number of nitrogens with zero attached hydrogens (tertiary/aromatic N) is 1. The van der Waals surface area contributed by atoms with Crippen molar-refractivity contribution in [2.75, 3.05) is 5.73 Å². The zero-order chi connectivity index (χ0) is 14.8. The quantitative estimate of drug-likeness (QED) is 0.561. The van der Waals surface area contributed by atoms with Crippen LogP contribution in [0.5, 0.6) is 0 Å². The smallest absolute Gasteiger partial charge is 0.0708 e. The van der Waals surface area contributed by atoms with Gasteiger partial charge in [-0.05, 0) is 43.2 Å². The van der Waals surface area contributed by atoms with Crippen LogP contribution >= 0.6 is 11.8 Å². The molecular weight excluding hydrogens is 276 g/mol. The Morgan fingerprint density at radius 2 is 1.86 bits per heavy atom. The highest BCUT2D eigenvalue weighted by Crippen LogP contribution is 2.32. The van der Waals surface area contributed by atoms with Gasteiger partial charge in [0.1, 0.15) is 0 Å². The first-order chi connectivity index (χ1) is 10.1. The first-order valence-corrected chi connectivity index (χ1v) is 7.97. The Labute approximate surface area is 129 Å². The largest absolute Gasteiger partial charge is 0.398 e. The zero-order valence-electron chi connectivity index (χ0n) is 12.3. The molecule has 3 aromatic rings. The van der Waals surface area contributed by atoms with Crippen molar-refractivity contribution in [1.82, 2.24) is 4.98 Å². The predicted molar refractivity (Wildman–Crippen MR) is 91.6 cm³/mol. The summed E-state index contributed by atoms with van der Waals surface area (Å²) in [5.74, 6) is 0.900. The van der Waals surface area contributed by atoms with Crippen molar-refractivity contribution in [1.29, 1.82) is 0 Å². The molecule has 0 spiro atoms. The summed E-state index contributed by atoms with van der Waals surface area (Å²) in [6.07, 6.45) is 0. The fourth-order valence-corrected chi connectivity index (χ4v) is 3.49. The van der Waals surface area contributed by atoms with Crippen LogP contribution in [-0.4, -0.2) is 4.98 Å². The molecular formula is C18H18N2S. The lowest BCUT2D eigenvalue weighted by Gasteiger charge is -2.10. The summed E-state index contributed by atoms with van der Waals surface area (Å²) in [4.78, 5) is 5.74. The van der Waals surface area contributed by atoms with E-state index in [0.29, 0.717) is 0 Å². The Morgan fingerprint density at radius 1 is 1.05 bits per heavy atom. The molecule has 0 aliphatic carbocycles. The van der Waals surface area contributed by atoms with Gasteiger partial charge < -0.3 is 5.73 Å². The van der Waals surface area contributed by atoms with Gasteiger partial charge in [0.15, 0.2) is 0 Å². The minimum absolute atomic E-state index is 0.887. The van der Waals surface area contributed by atoms with Crippen LogP contribution < -0.4 is 5.73 Å². The average Bonchev–Trinajstić information content (AvgIpc) is 2.48. The molecule has 0 amide bonds. The molecule has 2 aromatic carbocycles. The number of aromatic nitrogens is 1. The van der Waals surface area contributed by atoms with Crippen LogP contribution in [0.15, 0.2) is 53.4 Å². The lowest BCUT2D eigenvalue weighted by Crippen LogP contribution is -1.94. The summed E-state index contributed by atoms with van der Waals surface area (Å²) in [5, 5.41) is 1.22. The number of fused-ring (bicyclic) bond motifs is 1. The average molecular weight is 294 g/mol. The molecule has 0 aliphatic rings. The summed E-state index contributed by atoms with van der Waals surface area (Å²) in [7, 11) is 0. The molecule has 0 saturated heterocycles. The Bertz CT molecular complexity index is 796. The number of thioether (sulfide) groups is 1. The van der Waals surface area contributed by atoms with Gasteiger partial charge in [-0.25, -0.2) is 0 Å². The van der Waals surface area contributed by atoms with Gasteiger partial charge in [0.2, 0.25) is 0 Å². The summed E-state index contributed by atoms with van der Waals surface area (Å²) in [6, 6.07) is 16.7. The van der Waals surface area contributed by atoms with Crippen molar-refractivity contribution < 1.29 is 0 Å². The van der Waals surface area contributed by atoms with E-state index in [1.807, 2.05) is 26.0 Å². The molecule has 0 bridgehead atoms. The van der Waals surface area contributed by atoms with Crippen LogP contribution in [0.2, 0.25) is 0 Å². The number of hydrogen-bond donors (Lipinski definition) is 1. The molecule has 21 heavy (non-hydrogen) atoms. The number of nitrogen functional groups attached to an aromatic ring is 1. The van der Waals surface area contributed by atoms with Crippen molar-refractivity contribution in [3.8, 4) is 0 Å². The van der Waals surface area contributed by atoms with E-state index in [-0.39, 0.29) is 0 Å². The van der Waals surface area contributed by atoms with Gasteiger partial charge in [-0.15, -0.1) is 11.8 Å². The summed E-state index contributed by atoms with van der Waals surface area (Å²) in [5.41, 5.74) is 11.6. The van der Waals surface area contributed by atoms with E-state index in [4.69, 9.17) is 5.73 Å².